The van der Waals surface area contributed by atoms with Crippen molar-refractivity contribution >= 4 is 27.1 Å². The molecular weight excluding hydrogens is 378 g/mol. The van der Waals surface area contributed by atoms with Crippen LogP contribution in [0.4, 0.5) is 5.95 Å². The van der Waals surface area contributed by atoms with Gasteiger partial charge in [0.15, 0.2) is 11.4 Å². The van der Waals surface area contributed by atoms with Gasteiger partial charge < -0.3 is 10.2 Å². The highest BCUT2D eigenvalue weighted by atomic mass is 32.2. The summed E-state index contributed by atoms with van der Waals surface area (Å²) in [5.74, 6) is 0.357. The summed E-state index contributed by atoms with van der Waals surface area (Å²) in [6.07, 6.45) is 2.70. The quantitative estimate of drug-likeness (QED) is 0.564. The number of aromatic nitrogens is 4. The maximum absolute atomic E-state index is 13.2. The Morgan fingerprint density at radius 1 is 1.07 bits per heavy atom. The van der Waals surface area contributed by atoms with Gasteiger partial charge in [-0.15, -0.1) is 0 Å². The molecule has 0 saturated heterocycles. The van der Waals surface area contributed by atoms with Gasteiger partial charge in [0.05, 0.1) is 11.2 Å². The second kappa shape index (κ2) is 6.16. The third-order valence-electron chi connectivity index (χ3n) is 4.42. The van der Waals surface area contributed by atoms with Crippen LogP contribution in [0, 0.1) is 0 Å². The summed E-state index contributed by atoms with van der Waals surface area (Å²) >= 11 is 0. The molecular formula is C19H19N5O3S. The first-order valence-electron chi connectivity index (χ1n) is 8.58. The van der Waals surface area contributed by atoms with Crippen molar-refractivity contribution in [2.75, 3.05) is 5.73 Å². The summed E-state index contributed by atoms with van der Waals surface area (Å²) in [6, 6.07) is 10.2. The van der Waals surface area contributed by atoms with Crippen molar-refractivity contribution < 1.29 is 12.8 Å². The number of benzene rings is 1. The zero-order valence-corrected chi connectivity index (χ0v) is 16.4. The molecule has 0 aliphatic rings. The van der Waals surface area contributed by atoms with Gasteiger partial charge in [-0.2, -0.15) is 4.98 Å². The number of fused-ring (bicyclic) bond motifs is 1. The third kappa shape index (κ3) is 2.93. The first kappa shape index (κ1) is 18.2. The maximum Gasteiger partial charge on any atom is 0.270 e. The molecule has 0 unspecified atom stereocenters. The second-order valence-corrected chi connectivity index (χ2v) is 9.21. The summed E-state index contributed by atoms with van der Waals surface area (Å²) < 4.78 is 32.7. The summed E-state index contributed by atoms with van der Waals surface area (Å²) in [4.78, 5) is 12.6. The smallest absolute Gasteiger partial charge is 0.270 e. The second-order valence-electron chi connectivity index (χ2n) is 7.40. The molecule has 9 heteroatoms. The average molecular weight is 397 g/mol. The molecule has 3 heterocycles. The van der Waals surface area contributed by atoms with Crippen LogP contribution in [-0.2, 0) is 15.4 Å². The zero-order valence-electron chi connectivity index (χ0n) is 15.6. The van der Waals surface area contributed by atoms with Crippen LogP contribution < -0.4 is 5.73 Å². The topological polar surface area (TPSA) is 117 Å². The van der Waals surface area contributed by atoms with E-state index in [2.05, 4.69) is 35.7 Å². The van der Waals surface area contributed by atoms with Crippen molar-refractivity contribution in [2.45, 2.75) is 31.1 Å². The first-order chi connectivity index (χ1) is 13.2. The van der Waals surface area contributed by atoms with Crippen LogP contribution in [0.1, 0.15) is 26.3 Å². The number of anilines is 1. The monoisotopic (exact) mass is 397 g/mol. The number of hydrogen-bond donors (Lipinski definition) is 1. The largest absolute Gasteiger partial charge is 0.463 e. The average Bonchev–Trinajstić information content (AvgIpc) is 3.30. The molecule has 0 radical (unpaired) electrons. The highest BCUT2D eigenvalue weighted by Crippen LogP contribution is 2.29. The van der Waals surface area contributed by atoms with Crippen molar-refractivity contribution in [3.8, 4) is 11.5 Å². The number of nitrogen functional groups attached to an aromatic ring is 1. The first-order valence-corrected chi connectivity index (χ1v) is 10.0. The van der Waals surface area contributed by atoms with Gasteiger partial charge in [0.1, 0.15) is 17.5 Å². The Labute approximate surface area is 162 Å². The molecule has 28 heavy (non-hydrogen) atoms. The van der Waals surface area contributed by atoms with E-state index in [1.54, 1.807) is 24.3 Å². The van der Waals surface area contributed by atoms with Crippen molar-refractivity contribution in [1.82, 2.24) is 18.9 Å². The lowest BCUT2D eigenvalue weighted by Gasteiger charge is -2.19. The number of rotatable bonds is 3. The maximum atomic E-state index is 13.2. The SMILES string of the molecule is CC(C)(C)c1ccc(S(=O)(=O)n2cnc3c(-c4ccco4)nc(N)nc32)cc1. The van der Waals surface area contributed by atoms with Crippen LogP contribution in [0.15, 0.2) is 58.3 Å². The Bertz CT molecular complexity index is 1250. The summed E-state index contributed by atoms with van der Waals surface area (Å²) in [5, 5.41) is 0. The van der Waals surface area contributed by atoms with Crippen molar-refractivity contribution in [2.24, 2.45) is 0 Å². The van der Waals surface area contributed by atoms with Crippen LogP contribution in [-0.4, -0.2) is 27.3 Å². The Hall–Kier alpha value is -3.20. The van der Waals surface area contributed by atoms with Gasteiger partial charge in [0.25, 0.3) is 10.0 Å². The van der Waals surface area contributed by atoms with E-state index in [0.29, 0.717) is 17.0 Å². The Kier molecular flexibility index (Phi) is 4.00. The molecule has 8 nitrogen and oxygen atoms in total. The highest BCUT2D eigenvalue weighted by Gasteiger charge is 2.24. The highest BCUT2D eigenvalue weighted by molar-refractivity contribution is 7.90. The molecule has 2 N–H and O–H groups in total. The summed E-state index contributed by atoms with van der Waals surface area (Å²) in [6.45, 7) is 6.20. The van der Waals surface area contributed by atoms with Crippen LogP contribution >= 0.6 is 0 Å². The predicted molar refractivity (Wildman–Crippen MR) is 105 cm³/mol. The summed E-state index contributed by atoms with van der Waals surface area (Å²) in [7, 11) is -3.91. The number of furan rings is 1. The van der Waals surface area contributed by atoms with Crippen molar-refractivity contribution in [3.05, 3.63) is 54.6 Å². The van der Waals surface area contributed by atoms with Crippen LogP contribution in [0.2, 0.25) is 0 Å². The third-order valence-corrected chi connectivity index (χ3v) is 6.07. The molecule has 0 spiro atoms. The van der Waals surface area contributed by atoms with E-state index in [1.807, 2.05) is 12.1 Å². The van der Waals surface area contributed by atoms with Crippen molar-refractivity contribution in [1.29, 1.82) is 0 Å². The molecule has 0 aliphatic carbocycles. The molecule has 1 aromatic carbocycles. The predicted octanol–water partition coefficient (Wildman–Crippen LogP) is 3.20. The minimum absolute atomic E-state index is 0.0704. The van der Waals surface area contributed by atoms with Gasteiger partial charge in [0, 0.05) is 0 Å². The number of imidazole rings is 1. The van der Waals surface area contributed by atoms with Gasteiger partial charge >= 0.3 is 0 Å². The van der Waals surface area contributed by atoms with Crippen LogP contribution in [0.5, 0.6) is 0 Å². The van der Waals surface area contributed by atoms with Gasteiger partial charge in [0.2, 0.25) is 5.95 Å². The number of hydrogen-bond acceptors (Lipinski definition) is 7. The molecule has 0 bridgehead atoms. The van der Waals surface area contributed by atoms with E-state index in [-0.39, 0.29) is 21.9 Å². The molecule has 144 valence electrons. The minimum Gasteiger partial charge on any atom is -0.463 e. The summed E-state index contributed by atoms with van der Waals surface area (Å²) in [5.41, 5.74) is 7.49. The molecule has 0 saturated carbocycles. The minimum atomic E-state index is -3.91. The fourth-order valence-corrected chi connectivity index (χ4v) is 4.13. The van der Waals surface area contributed by atoms with E-state index in [1.165, 1.54) is 12.6 Å². The normalized spacial score (nSPS) is 12.5. The number of nitrogens with zero attached hydrogens (tertiary/aromatic N) is 4. The molecule has 0 aliphatic heterocycles. The lowest BCUT2D eigenvalue weighted by Crippen LogP contribution is -2.15. The number of nitrogens with two attached hydrogens (primary N) is 1. The van der Waals surface area contributed by atoms with E-state index in [9.17, 15) is 8.42 Å². The lowest BCUT2D eigenvalue weighted by atomic mass is 9.87. The molecule has 4 aromatic rings. The van der Waals surface area contributed by atoms with Gasteiger partial charge in [-0.25, -0.2) is 22.4 Å². The standard InChI is InChI=1S/C19H19N5O3S/c1-19(2,3)12-6-8-13(9-7-12)28(25,26)24-11-21-16-15(14-5-4-10-27-14)22-18(20)23-17(16)24/h4-11H,1-3H3,(H2,20,22,23). The molecule has 3 aromatic heterocycles. The molecule has 0 fully saturated rings. The Morgan fingerprint density at radius 2 is 1.79 bits per heavy atom. The van der Waals surface area contributed by atoms with Gasteiger partial charge in [-0.05, 0) is 35.2 Å². The van der Waals surface area contributed by atoms with Crippen LogP contribution in [0.3, 0.4) is 0 Å². The Balaban J connectivity index is 1.87. The fraction of sp³-hybridized carbons (Fsp3) is 0.211. The molecule has 0 amide bonds. The van der Waals surface area contributed by atoms with E-state index >= 15 is 0 Å². The Morgan fingerprint density at radius 3 is 2.39 bits per heavy atom. The zero-order chi connectivity index (χ0) is 20.1. The van der Waals surface area contributed by atoms with Crippen molar-refractivity contribution in [3.63, 3.8) is 0 Å². The molecule has 0 atom stereocenters. The van der Waals surface area contributed by atoms with E-state index in [4.69, 9.17) is 10.2 Å². The lowest BCUT2D eigenvalue weighted by molar-refractivity contribution is 0.580. The van der Waals surface area contributed by atoms with Crippen LogP contribution in [0.25, 0.3) is 22.6 Å². The molecule has 4 rings (SSSR count). The van der Waals surface area contributed by atoms with Gasteiger partial charge in [-0.3, -0.25) is 0 Å². The van der Waals surface area contributed by atoms with E-state index in [0.717, 1.165) is 9.54 Å². The fourth-order valence-electron chi connectivity index (χ4n) is 2.90. The van der Waals surface area contributed by atoms with Gasteiger partial charge in [-0.1, -0.05) is 32.9 Å². The van der Waals surface area contributed by atoms with E-state index < -0.39 is 10.0 Å².